The Kier molecular flexibility index (Phi) is 1.62. The lowest BCUT2D eigenvalue weighted by Gasteiger charge is -2.23. The van der Waals surface area contributed by atoms with Crippen LogP contribution in [0.5, 0.6) is 0 Å². The number of fused-ring (bicyclic) bond motifs is 2. The molecule has 1 unspecified atom stereocenters. The van der Waals surface area contributed by atoms with Gasteiger partial charge < -0.3 is 9.64 Å². The lowest BCUT2D eigenvalue weighted by molar-refractivity contribution is 0.0148. The van der Waals surface area contributed by atoms with E-state index in [9.17, 15) is 0 Å². The molecule has 1 atom stereocenters. The predicted molar refractivity (Wildman–Crippen MR) is 56.6 cm³/mol. The van der Waals surface area contributed by atoms with Crippen LogP contribution in [-0.4, -0.2) is 20.2 Å². The van der Waals surface area contributed by atoms with Crippen LogP contribution in [0, 0.1) is 0 Å². The van der Waals surface area contributed by atoms with Crippen LogP contribution in [0.3, 0.4) is 0 Å². The minimum Gasteiger partial charge on any atom is -0.371 e. The van der Waals surface area contributed by atoms with E-state index in [1.54, 1.807) is 0 Å². The summed E-state index contributed by atoms with van der Waals surface area (Å²) in [5, 5.41) is 0. The van der Waals surface area contributed by atoms with Gasteiger partial charge in [0.15, 0.2) is 0 Å². The van der Waals surface area contributed by atoms with Crippen LogP contribution in [0.1, 0.15) is 18.4 Å². The van der Waals surface area contributed by atoms with Crippen molar-refractivity contribution in [1.29, 1.82) is 0 Å². The molecule has 1 aromatic carbocycles. The first kappa shape index (κ1) is 8.30. The van der Waals surface area contributed by atoms with Gasteiger partial charge in [-0.05, 0) is 18.9 Å². The van der Waals surface area contributed by atoms with E-state index < -0.39 is 0 Å². The monoisotopic (exact) mass is 189 g/mol. The number of likely N-dealkylation sites (N-methyl/N-ethyl adjacent to an activating group) is 1. The Morgan fingerprint density at radius 3 is 3.00 bits per heavy atom. The second kappa shape index (κ2) is 2.74. The molecule has 2 heteroatoms. The Balaban J connectivity index is 2.13. The van der Waals surface area contributed by atoms with Crippen LogP contribution >= 0.6 is 0 Å². The first-order valence-electron chi connectivity index (χ1n) is 5.26. The van der Waals surface area contributed by atoms with Crippen LogP contribution in [0.15, 0.2) is 24.3 Å². The van der Waals surface area contributed by atoms with Crippen molar-refractivity contribution in [2.45, 2.75) is 18.4 Å². The summed E-state index contributed by atoms with van der Waals surface area (Å²) in [5.74, 6) is 0. The maximum absolute atomic E-state index is 5.96. The average Bonchev–Trinajstić information content (AvgIpc) is 2.77. The second-order valence-electron chi connectivity index (χ2n) is 4.32. The van der Waals surface area contributed by atoms with Crippen molar-refractivity contribution in [1.82, 2.24) is 0 Å². The van der Waals surface area contributed by atoms with Crippen LogP contribution in [-0.2, 0) is 10.3 Å². The standard InChI is InChI=1S/C12H15NO/c1-13-9-12(7-4-8-14-12)10-5-2-3-6-11(10)13/h2-3,5-6H,4,7-9H2,1H3. The Morgan fingerprint density at radius 1 is 1.36 bits per heavy atom. The lowest BCUT2D eigenvalue weighted by atomic mass is 9.93. The molecule has 3 rings (SSSR count). The first-order valence-corrected chi connectivity index (χ1v) is 5.26. The number of ether oxygens (including phenoxy) is 1. The molecule has 2 aliphatic heterocycles. The molecule has 1 aromatic rings. The van der Waals surface area contributed by atoms with Gasteiger partial charge in [-0.3, -0.25) is 0 Å². The van der Waals surface area contributed by atoms with Gasteiger partial charge in [0.2, 0.25) is 0 Å². The van der Waals surface area contributed by atoms with E-state index >= 15 is 0 Å². The van der Waals surface area contributed by atoms with Gasteiger partial charge in [-0.2, -0.15) is 0 Å². The summed E-state index contributed by atoms with van der Waals surface area (Å²) in [6.45, 7) is 1.94. The Bertz CT molecular complexity index is 355. The van der Waals surface area contributed by atoms with E-state index in [-0.39, 0.29) is 5.60 Å². The molecule has 74 valence electrons. The van der Waals surface area contributed by atoms with E-state index in [0.717, 1.165) is 13.2 Å². The summed E-state index contributed by atoms with van der Waals surface area (Å²) < 4.78 is 5.96. The normalized spacial score (nSPS) is 29.9. The van der Waals surface area contributed by atoms with Crippen LogP contribution in [0.4, 0.5) is 5.69 Å². The molecule has 1 fully saturated rings. The SMILES string of the molecule is CN1CC2(CCCO2)c2ccccc21. The van der Waals surface area contributed by atoms with Crippen LogP contribution < -0.4 is 4.90 Å². The highest BCUT2D eigenvalue weighted by Crippen LogP contribution is 2.46. The molecule has 0 aliphatic carbocycles. The third kappa shape index (κ3) is 0.947. The van der Waals surface area contributed by atoms with Crippen molar-refractivity contribution >= 4 is 5.69 Å². The van der Waals surface area contributed by atoms with Crippen LogP contribution in [0.25, 0.3) is 0 Å². The highest BCUT2D eigenvalue weighted by atomic mass is 16.5. The van der Waals surface area contributed by atoms with E-state index in [1.165, 1.54) is 24.1 Å². The van der Waals surface area contributed by atoms with E-state index in [4.69, 9.17) is 4.74 Å². The maximum Gasteiger partial charge on any atom is 0.113 e. The smallest absolute Gasteiger partial charge is 0.113 e. The fraction of sp³-hybridized carbons (Fsp3) is 0.500. The van der Waals surface area contributed by atoms with Crippen molar-refractivity contribution in [2.24, 2.45) is 0 Å². The number of anilines is 1. The van der Waals surface area contributed by atoms with Crippen molar-refractivity contribution in [3.63, 3.8) is 0 Å². The molecule has 0 saturated carbocycles. The fourth-order valence-corrected chi connectivity index (χ4v) is 2.78. The molecule has 0 amide bonds. The largest absolute Gasteiger partial charge is 0.371 e. The highest BCUT2D eigenvalue weighted by Gasteiger charge is 2.44. The molecule has 1 spiro atoms. The topological polar surface area (TPSA) is 12.5 Å². The lowest BCUT2D eigenvalue weighted by Crippen LogP contribution is -2.30. The summed E-state index contributed by atoms with van der Waals surface area (Å²) >= 11 is 0. The molecular weight excluding hydrogens is 174 g/mol. The van der Waals surface area contributed by atoms with Gasteiger partial charge in [-0.15, -0.1) is 0 Å². The quantitative estimate of drug-likeness (QED) is 0.620. The van der Waals surface area contributed by atoms with Gasteiger partial charge in [-0.1, -0.05) is 18.2 Å². The number of hydrogen-bond donors (Lipinski definition) is 0. The molecule has 0 radical (unpaired) electrons. The van der Waals surface area contributed by atoms with Gasteiger partial charge in [0, 0.05) is 24.9 Å². The molecule has 2 nitrogen and oxygen atoms in total. The minimum atomic E-state index is 0.0192. The molecular formula is C12H15NO. The zero-order valence-corrected chi connectivity index (χ0v) is 8.49. The molecule has 2 aliphatic rings. The second-order valence-corrected chi connectivity index (χ2v) is 4.32. The number of nitrogens with zero attached hydrogens (tertiary/aromatic N) is 1. The average molecular weight is 189 g/mol. The maximum atomic E-state index is 5.96. The number of para-hydroxylation sites is 1. The number of hydrogen-bond acceptors (Lipinski definition) is 2. The Labute approximate surface area is 84.5 Å². The summed E-state index contributed by atoms with van der Waals surface area (Å²) in [7, 11) is 2.15. The van der Waals surface area contributed by atoms with Crippen molar-refractivity contribution in [3.05, 3.63) is 29.8 Å². The molecule has 0 N–H and O–H groups in total. The molecule has 14 heavy (non-hydrogen) atoms. The number of benzene rings is 1. The third-order valence-electron chi connectivity index (χ3n) is 3.40. The van der Waals surface area contributed by atoms with Crippen molar-refractivity contribution < 1.29 is 4.74 Å². The molecule has 0 bridgehead atoms. The summed E-state index contributed by atoms with van der Waals surface area (Å²) in [4.78, 5) is 2.31. The fourth-order valence-electron chi connectivity index (χ4n) is 2.78. The zero-order valence-electron chi connectivity index (χ0n) is 8.49. The van der Waals surface area contributed by atoms with Gasteiger partial charge >= 0.3 is 0 Å². The summed E-state index contributed by atoms with van der Waals surface area (Å²) in [6.07, 6.45) is 2.37. The number of rotatable bonds is 0. The molecule has 1 saturated heterocycles. The first-order chi connectivity index (χ1) is 6.82. The Morgan fingerprint density at radius 2 is 2.21 bits per heavy atom. The van der Waals surface area contributed by atoms with Gasteiger partial charge in [0.05, 0.1) is 6.54 Å². The zero-order chi connectivity index (χ0) is 9.60. The summed E-state index contributed by atoms with van der Waals surface area (Å²) in [5.41, 5.74) is 2.75. The van der Waals surface area contributed by atoms with E-state index in [1.807, 2.05) is 0 Å². The predicted octanol–water partition coefficient (Wildman–Crippen LogP) is 2.14. The molecule has 2 heterocycles. The van der Waals surface area contributed by atoms with E-state index in [2.05, 4.69) is 36.2 Å². The highest BCUT2D eigenvalue weighted by molar-refractivity contribution is 5.61. The van der Waals surface area contributed by atoms with Gasteiger partial charge in [0.1, 0.15) is 5.60 Å². The van der Waals surface area contributed by atoms with Crippen LogP contribution in [0.2, 0.25) is 0 Å². The third-order valence-corrected chi connectivity index (χ3v) is 3.40. The summed E-state index contributed by atoms with van der Waals surface area (Å²) in [6, 6.07) is 8.61. The van der Waals surface area contributed by atoms with Crippen molar-refractivity contribution in [2.75, 3.05) is 25.1 Å². The van der Waals surface area contributed by atoms with Gasteiger partial charge in [-0.25, -0.2) is 0 Å². The van der Waals surface area contributed by atoms with E-state index in [0.29, 0.717) is 0 Å². The minimum absolute atomic E-state index is 0.0192. The van der Waals surface area contributed by atoms with Gasteiger partial charge in [0.25, 0.3) is 0 Å². The Hall–Kier alpha value is -1.02. The molecule has 0 aromatic heterocycles. The van der Waals surface area contributed by atoms with Crippen molar-refractivity contribution in [3.8, 4) is 0 Å².